The smallest absolute Gasteiger partial charge is 0.262 e. The molecular weight excluding hydrogens is 199 g/mol. The van der Waals surface area contributed by atoms with Crippen molar-refractivity contribution in [1.82, 2.24) is 9.88 Å². The minimum absolute atomic E-state index is 0.153. The molecule has 0 aliphatic carbocycles. The van der Waals surface area contributed by atoms with E-state index in [-0.39, 0.29) is 5.91 Å². The predicted octanol–water partition coefficient (Wildman–Crippen LogP) is 1.08. The van der Waals surface area contributed by atoms with Crippen molar-refractivity contribution in [2.45, 2.75) is 13.0 Å². The van der Waals surface area contributed by atoms with Gasteiger partial charge in [-0.2, -0.15) is 4.39 Å². The van der Waals surface area contributed by atoms with Crippen molar-refractivity contribution < 1.29 is 13.9 Å². The van der Waals surface area contributed by atoms with Gasteiger partial charge in [-0.25, -0.2) is 4.98 Å². The van der Waals surface area contributed by atoms with E-state index in [1.165, 1.54) is 23.2 Å². The van der Waals surface area contributed by atoms with E-state index >= 15 is 0 Å². The van der Waals surface area contributed by atoms with Crippen LogP contribution in [0, 0.1) is 5.95 Å². The van der Waals surface area contributed by atoms with Crippen LogP contribution < -0.4 is 4.74 Å². The number of carbonyl (C=O) groups is 1. The first-order chi connectivity index (χ1) is 7.00. The number of ether oxygens (including phenoxy) is 1. The summed E-state index contributed by atoms with van der Waals surface area (Å²) < 4.78 is 17.7. The fraction of sp³-hybridized carbons (Fsp3) is 0.400. The lowest BCUT2D eigenvalue weighted by Crippen LogP contribution is -2.35. The maximum Gasteiger partial charge on any atom is 0.262 e. The molecule has 1 unspecified atom stereocenters. The second kappa shape index (κ2) is 4.72. The van der Waals surface area contributed by atoms with Gasteiger partial charge in [0.15, 0.2) is 6.10 Å². The molecule has 0 aromatic carbocycles. The molecule has 0 spiro atoms. The Balaban J connectivity index is 2.62. The minimum Gasteiger partial charge on any atom is -0.479 e. The second-order valence-corrected chi connectivity index (χ2v) is 3.31. The number of amides is 1. The topological polar surface area (TPSA) is 42.4 Å². The van der Waals surface area contributed by atoms with Crippen molar-refractivity contribution in [3.8, 4) is 5.75 Å². The number of pyridine rings is 1. The number of nitrogens with zero attached hydrogens (tertiary/aromatic N) is 2. The first-order valence-electron chi connectivity index (χ1n) is 4.50. The number of hydrogen-bond donors (Lipinski definition) is 0. The van der Waals surface area contributed by atoms with Crippen LogP contribution in [0.4, 0.5) is 4.39 Å². The number of carbonyl (C=O) groups excluding carboxylic acids is 1. The molecule has 0 N–H and O–H groups in total. The van der Waals surface area contributed by atoms with Crippen LogP contribution in [0.25, 0.3) is 0 Å². The van der Waals surface area contributed by atoms with Gasteiger partial charge in [0.05, 0.1) is 6.20 Å². The van der Waals surface area contributed by atoms with Crippen LogP contribution in [0.3, 0.4) is 0 Å². The second-order valence-electron chi connectivity index (χ2n) is 3.31. The molecule has 1 rings (SSSR count). The predicted molar refractivity (Wildman–Crippen MR) is 53.0 cm³/mol. The fourth-order valence-corrected chi connectivity index (χ4v) is 1.05. The molecule has 0 bridgehead atoms. The summed E-state index contributed by atoms with van der Waals surface area (Å²) in [5.41, 5.74) is 0. The van der Waals surface area contributed by atoms with Gasteiger partial charge in [-0.15, -0.1) is 0 Å². The monoisotopic (exact) mass is 212 g/mol. The Labute approximate surface area is 87.7 Å². The third kappa shape index (κ3) is 3.19. The van der Waals surface area contributed by atoms with Gasteiger partial charge in [0.2, 0.25) is 5.95 Å². The maximum absolute atomic E-state index is 12.5. The number of rotatable bonds is 3. The highest BCUT2D eigenvalue weighted by molar-refractivity contribution is 5.80. The van der Waals surface area contributed by atoms with Crippen molar-refractivity contribution in [1.29, 1.82) is 0 Å². The van der Waals surface area contributed by atoms with Crippen LogP contribution in [0.15, 0.2) is 18.3 Å². The Kier molecular flexibility index (Phi) is 3.60. The summed E-state index contributed by atoms with van der Waals surface area (Å²) >= 11 is 0. The van der Waals surface area contributed by atoms with Gasteiger partial charge in [0.1, 0.15) is 5.75 Å². The van der Waals surface area contributed by atoms with Crippen LogP contribution in [-0.2, 0) is 4.79 Å². The largest absolute Gasteiger partial charge is 0.479 e. The number of aromatic nitrogens is 1. The standard InChI is InChI=1S/C10H13FN2O2/c1-7(10(14)13(2)3)15-8-4-5-9(11)12-6-8/h4-7H,1-3H3. The van der Waals surface area contributed by atoms with Crippen molar-refractivity contribution in [2.75, 3.05) is 14.1 Å². The summed E-state index contributed by atoms with van der Waals surface area (Å²) in [5, 5.41) is 0. The van der Waals surface area contributed by atoms with Gasteiger partial charge in [0.25, 0.3) is 5.91 Å². The Morgan fingerprint density at radius 1 is 1.53 bits per heavy atom. The summed E-state index contributed by atoms with van der Waals surface area (Å²) in [6, 6.07) is 2.62. The van der Waals surface area contributed by atoms with Gasteiger partial charge in [-0.1, -0.05) is 0 Å². The summed E-state index contributed by atoms with van der Waals surface area (Å²) in [6.07, 6.45) is 0.640. The lowest BCUT2D eigenvalue weighted by Gasteiger charge is -2.17. The Morgan fingerprint density at radius 2 is 2.20 bits per heavy atom. The number of hydrogen-bond acceptors (Lipinski definition) is 3. The molecule has 15 heavy (non-hydrogen) atoms. The van der Waals surface area contributed by atoms with Crippen LogP contribution in [-0.4, -0.2) is 36.0 Å². The van der Waals surface area contributed by atoms with E-state index in [1.807, 2.05) is 0 Å². The highest BCUT2D eigenvalue weighted by atomic mass is 19.1. The third-order valence-electron chi connectivity index (χ3n) is 1.80. The third-order valence-corrected chi connectivity index (χ3v) is 1.80. The molecule has 1 heterocycles. The highest BCUT2D eigenvalue weighted by Gasteiger charge is 2.16. The summed E-state index contributed by atoms with van der Waals surface area (Å²) in [4.78, 5) is 16.3. The molecule has 82 valence electrons. The Hall–Kier alpha value is -1.65. The number of likely N-dealkylation sites (N-methyl/N-ethyl adjacent to an activating group) is 1. The average molecular weight is 212 g/mol. The fourth-order valence-electron chi connectivity index (χ4n) is 1.05. The summed E-state index contributed by atoms with van der Waals surface area (Å²) in [7, 11) is 3.29. The van der Waals surface area contributed by atoms with E-state index in [1.54, 1.807) is 21.0 Å². The Morgan fingerprint density at radius 3 is 2.67 bits per heavy atom. The van der Waals surface area contributed by atoms with Crippen LogP contribution in [0.1, 0.15) is 6.92 Å². The molecule has 0 saturated carbocycles. The molecular formula is C10H13FN2O2. The van der Waals surface area contributed by atoms with Crippen molar-refractivity contribution in [3.05, 3.63) is 24.3 Å². The molecule has 1 amide bonds. The van der Waals surface area contributed by atoms with Gasteiger partial charge >= 0.3 is 0 Å². The zero-order chi connectivity index (χ0) is 11.4. The van der Waals surface area contributed by atoms with E-state index in [2.05, 4.69) is 4.98 Å². The first-order valence-corrected chi connectivity index (χ1v) is 4.50. The highest BCUT2D eigenvalue weighted by Crippen LogP contribution is 2.11. The van der Waals surface area contributed by atoms with Crippen molar-refractivity contribution in [2.24, 2.45) is 0 Å². The molecule has 1 atom stereocenters. The molecule has 0 fully saturated rings. The van der Waals surface area contributed by atoms with Crippen LogP contribution >= 0.6 is 0 Å². The van der Waals surface area contributed by atoms with E-state index in [0.717, 1.165) is 0 Å². The van der Waals surface area contributed by atoms with Crippen molar-refractivity contribution in [3.63, 3.8) is 0 Å². The quantitative estimate of drug-likeness (QED) is 0.704. The zero-order valence-electron chi connectivity index (χ0n) is 8.90. The lowest BCUT2D eigenvalue weighted by atomic mass is 10.3. The molecule has 0 saturated heterocycles. The maximum atomic E-state index is 12.5. The molecule has 4 nitrogen and oxygen atoms in total. The van der Waals surface area contributed by atoms with Crippen molar-refractivity contribution >= 4 is 5.91 Å². The van der Waals surface area contributed by atoms with E-state index in [0.29, 0.717) is 5.75 Å². The van der Waals surface area contributed by atoms with Crippen LogP contribution in [0.2, 0.25) is 0 Å². The zero-order valence-corrected chi connectivity index (χ0v) is 8.90. The first kappa shape index (κ1) is 11.4. The van der Waals surface area contributed by atoms with Gasteiger partial charge in [-0.05, 0) is 19.1 Å². The molecule has 1 aromatic heterocycles. The van der Waals surface area contributed by atoms with Crippen LogP contribution in [0.5, 0.6) is 5.75 Å². The van der Waals surface area contributed by atoms with E-state index in [4.69, 9.17) is 4.74 Å². The lowest BCUT2D eigenvalue weighted by molar-refractivity contribution is -0.135. The Bertz CT molecular complexity index is 338. The van der Waals surface area contributed by atoms with Gasteiger partial charge in [-0.3, -0.25) is 4.79 Å². The minimum atomic E-state index is -0.604. The summed E-state index contributed by atoms with van der Waals surface area (Å²) in [6.45, 7) is 1.63. The SMILES string of the molecule is CC(Oc1ccc(F)nc1)C(=O)N(C)C. The average Bonchev–Trinajstić information content (AvgIpc) is 2.20. The van der Waals surface area contributed by atoms with Gasteiger partial charge < -0.3 is 9.64 Å². The molecule has 5 heteroatoms. The number of halogens is 1. The molecule has 0 aliphatic rings. The van der Waals surface area contributed by atoms with E-state index in [9.17, 15) is 9.18 Å². The normalized spacial score (nSPS) is 12.0. The van der Waals surface area contributed by atoms with E-state index < -0.39 is 12.1 Å². The molecule has 0 aliphatic heterocycles. The molecule has 0 radical (unpaired) electrons. The van der Waals surface area contributed by atoms with Gasteiger partial charge in [0, 0.05) is 14.1 Å². The summed E-state index contributed by atoms with van der Waals surface area (Å²) in [5.74, 6) is -0.354. The molecule has 1 aromatic rings.